The third-order valence-electron chi connectivity index (χ3n) is 2.53. The molecule has 0 radical (unpaired) electrons. The molecule has 0 aliphatic carbocycles. The zero-order valence-electron chi connectivity index (χ0n) is 10.3. The molecule has 2 aromatic rings. The highest BCUT2D eigenvalue weighted by molar-refractivity contribution is 5.60. The predicted octanol–water partition coefficient (Wildman–Crippen LogP) is 1.99. The number of nitrogen functional groups attached to an aromatic ring is 1. The molecule has 94 valence electrons. The van der Waals surface area contributed by atoms with E-state index in [0.717, 1.165) is 12.1 Å². The summed E-state index contributed by atoms with van der Waals surface area (Å²) in [6, 6.07) is 9.83. The molecule has 0 amide bonds. The average Bonchev–Trinajstić information content (AvgIpc) is 2.38. The van der Waals surface area contributed by atoms with Crippen molar-refractivity contribution in [1.29, 1.82) is 0 Å². The maximum absolute atomic E-state index is 5.55. The number of para-hydroxylation sites is 1. The van der Waals surface area contributed by atoms with E-state index in [1.807, 2.05) is 18.2 Å². The summed E-state index contributed by atoms with van der Waals surface area (Å²) in [6.07, 6.45) is 2.47. The lowest BCUT2D eigenvalue weighted by atomic mass is 10.1. The molecule has 0 atom stereocenters. The van der Waals surface area contributed by atoms with Crippen LogP contribution in [0.15, 0.2) is 36.5 Å². The Balaban J connectivity index is 2.17. The summed E-state index contributed by atoms with van der Waals surface area (Å²) >= 11 is 0. The minimum absolute atomic E-state index is 0.259. The second-order valence-corrected chi connectivity index (χ2v) is 3.83. The molecule has 18 heavy (non-hydrogen) atoms. The van der Waals surface area contributed by atoms with E-state index in [1.165, 1.54) is 5.56 Å². The van der Waals surface area contributed by atoms with E-state index in [2.05, 4.69) is 21.4 Å². The first-order chi connectivity index (χ1) is 8.79. The SMILES string of the molecule is COCCc1ccccc1Nc1ccnc(N)n1. The molecule has 0 aliphatic heterocycles. The fourth-order valence-electron chi connectivity index (χ4n) is 1.65. The Bertz CT molecular complexity index is 516. The number of nitrogens with one attached hydrogen (secondary N) is 1. The molecule has 0 saturated heterocycles. The van der Waals surface area contributed by atoms with Crippen molar-refractivity contribution in [3.8, 4) is 0 Å². The van der Waals surface area contributed by atoms with E-state index >= 15 is 0 Å². The number of benzene rings is 1. The van der Waals surface area contributed by atoms with Gasteiger partial charge in [-0.05, 0) is 24.1 Å². The highest BCUT2D eigenvalue weighted by Crippen LogP contribution is 2.20. The maximum Gasteiger partial charge on any atom is 0.221 e. The van der Waals surface area contributed by atoms with Gasteiger partial charge in [0.1, 0.15) is 5.82 Å². The average molecular weight is 244 g/mol. The molecule has 1 aromatic heterocycles. The van der Waals surface area contributed by atoms with E-state index in [1.54, 1.807) is 19.4 Å². The van der Waals surface area contributed by atoms with Crippen molar-refractivity contribution >= 4 is 17.5 Å². The van der Waals surface area contributed by atoms with Gasteiger partial charge in [-0.2, -0.15) is 4.98 Å². The molecular weight excluding hydrogens is 228 g/mol. The van der Waals surface area contributed by atoms with Crippen molar-refractivity contribution in [2.75, 3.05) is 24.8 Å². The van der Waals surface area contributed by atoms with E-state index < -0.39 is 0 Å². The molecule has 2 rings (SSSR count). The lowest BCUT2D eigenvalue weighted by Gasteiger charge is -2.11. The first-order valence-electron chi connectivity index (χ1n) is 5.72. The lowest BCUT2D eigenvalue weighted by molar-refractivity contribution is 0.202. The first kappa shape index (κ1) is 12.3. The summed E-state index contributed by atoms with van der Waals surface area (Å²) in [4.78, 5) is 7.97. The van der Waals surface area contributed by atoms with E-state index in [-0.39, 0.29) is 5.95 Å². The number of hydrogen-bond acceptors (Lipinski definition) is 5. The number of ether oxygens (including phenoxy) is 1. The molecule has 0 spiro atoms. The Hall–Kier alpha value is -2.14. The van der Waals surface area contributed by atoms with Crippen molar-refractivity contribution in [3.63, 3.8) is 0 Å². The molecule has 5 nitrogen and oxygen atoms in total. The van der Waals surface area contributed by atoms with E-state index in [4.69, 9.17) is 10.5 Å². The van der Waals surface area contributed by atoms with Crippen LogP contribution in [0.2, 0.25) is 0 Å². The van der Waals surface area contributed by atoms with Crippen molar-refractivity contribution in [2.24, 2.45) is 0 Å². The highest BCUT2D eigenvalue weighted by Gasteiger charge is 2.03. The van der Waals surface area contributed by atoms with Crippen LogP contribution in [-0.4, -0.2) is 23.7 Å². The van der Waals surface area contributed by atoms with Gasteiger partial charge in [0.25, 0.3) is 0 Å². The quantitative estimate of drug-likeness (QED) is 0.841. The van der Waals surface area contributed by atoms with Gasteiger partial charge in [0.15, 0.2) is 0 Å². The Kier molecular flexibility index (Phi) is 4.09. The normalized spacial score (nSPS) is 10.3. The van der Waals surface area contributed by atoms with Gasteiger partial charge in [0, 0.05) is 19.0 Å². The summed E-state index contributed by atoms with van der Waals surface area (Å²) in [6.45, 7) is 0.685. The van der Waals surface area contributed by atoms with Gasteiger partial charge >= 0.3 is 0 Å². The smallest absolute Gasteiger partial charge is 0.221 e. The van der Waals surface area contributed by atoms with Gasteiger partial charge in [-0.25, -0.2) is 4.98 Å². The molecule has 0 saturated carbocycles. The lowest BCUT2D eigenvalue weighted by Crippen LogP contribution is -2.02. The number of methoxy groups -OCH3 is 1. The predicted molar refractivity (Wildman–Crippen MR) is 71.7 cm³/mol. The van der Waals surface area contributed by atoms with Gasteiger partial charge in [0.2, 0.25) is 5.95 Å². The number of aromatic nitrogens is 2. The monoisotopic (exact) mass is 244 g/mol. The molecule has 3 N–H and O–H groups in total. The summed E-state index contributed by atoms with van der Waals surface area (Å²) in [5.41, 5.74) is 7.73. The Labute approximate surface area is 106 Å². The van der Waals surface area contributed by atoms with Gasteiger partial charge in [0.05, 0.1) is 6.61 Å². The van der Waals surface area contributed by atoms with Crippen LogP contribution in [-0.2, 0) is 11.2 Å². The van der Waals surface area contributed by atoms with Crippen LogP contribution in [0.4, 0.5) is 17.5 Å². The number of rotatable bonds is 5. The molecule has 0 fully saturated rings. The molecule has 0 aliphatic rings. The van der Waals surface area contributed by atoms with Gasteiger partial charge in [-0.3, -0.25) is 0 Å². The zero-order chi connectivity index (χ0) is 12.8. The summed E-state index contributed by atoms with van der Waals surface area (Å²) in [5, 5.41) is 3.24. The van der Waals surface area contributed by atoms with Crippen molar-refractivity contribution in [1.82, 2.24) is 9.97 Å². The summed E-state index contributed by atoms with van der Waals surface area (Å²) < 4.78 is 5.10. The van der Waals surface area contributed by atoms with Crippen molar-refractivity contribution < 1.29 is 4.74 Å². The Morgan fingerprint density at radius 1 is 1.28 bits per heavy atom. The first-order valence-corrected chi connectivity index (χ1v) is 5.72. The number of nitrogens with zero attached hydrogens (tertiary/aromatic N) is 2. The minimum Gasteiger partial charge on any atom is -0.384 e. The van der Waals surface area contributed by atoms with Crippen LogP contribution in [0.25, 0.3) is 0 Å². The van der Waals surface area contributed by atoms with Crippen LogP contribution < -0.4 is 11.1 Å². The van der Waals surface area contributed by atoms with Gasteiger partial charge in [-0.1, -0.05) is 18.2 Å². The van der Waals surface area contributed by atoms with Gasteiger partial charge < -0.3 is 15.8 Å². The fourth-order valence-corrected chi connectivity index (χ4v) is 1.65. The van der Waals surface area contributed by atoms with Gasteiger partial charge in [-0.15, -0.1) is 0 Å². The molecule has 0 bridgehead atoms. The van der Waals surface area contributed by atoms with Crippen molar-refractivity contribution in [2.45, 2.75) is 6.42 Å². The number of anilines is 3. The molecule has 0 unspecified atom stereocenters. The number of nitrogens with two attached hydrogens (primary N) is 1. The van der Waals surface area contributed by atoms with E-state index in [0.29, 0.717) is 12.4 Å². The van der Waals surface area contributed by atoms with Crippen molar-refractivity contribution in [3.05, 3.63) is 42.1 Å². The third-order valence-corrected chi connectivity index (χ3v) is 2.53. The molecule has 5 heteroatoms. The highest BCUT2D eigenvalue weighted by atomic mass is 16.5. The topological polar surface area (TPSA) is 73.1 Å². The van der Waals surface area contributed by atoms with Crippen LogP contribution in [0.5, 0.6) is 0 Å². The summed E-state index contributed by atoms with van der Waals surface area (Å²) in [7, 11) is 1.70. The largest absolute Gasteiger partial charge is 0.384 e. The number of hydrogen-bond donors (Lipinski definition) is 2. The van der Waals surface area contributed by atoms with E-state index in [9.17, 15) is 0 Å². The Morgan fingerprint density at radius 3 is 2.89 bits per heavy atom. The third kappa shape index (κ3) is 3.18. The fraction of sp³-hybridized carbons (Fsp3) is 0.231. The van der Waals surface area contributed by atoms with Crippen LogP contribution in [0.1, 0.15) is 5.56 Å². The molecule has 1 aromatic carbocycles. The standard InChI is InChI=1S/C13H16N4O/c1-18-9-7-10-4-2-3-5-11(10)16-12-6-8-15-13(14)17-12/h2-6,8H,7,9H2,1H3,(H3,14,15,16,17). The second-order valence-electron chi connectivity index (χ2n) is 3.83. The minimum atomic E-state index is 0.259. The zero-order valence-corrected chi connectivity index (χ0v) is 10.3. The Morgan fingerprint density at radius 2 is 2.11 bits per heavy atom. The maximum atomic E-state index is 5.55. The molecule has 1 heterocycles. The summed E-state index contributed by atoms with van der Waals surface area (Å²) in [5.74, 6) is 0.946. The molecular formula is C13H16N4O. The van der Waals surface area contributed by atoms with Crippen LogP contribution in [0, 0.1) is 0 Å². The second kappa shape index (κ2) is 5.97. The van der Waals surface area contributed by atoms with Crippen LogP contribution in [0.3, 0.4) is 0 Å². The van der Waals surface area contributed by atoms with Crippen LogP contribution >= 0.6 is 0 Å².